The second-order valence-electron chi connectivity index (χ2n) is 4.19. The summed E-state index contributed by atoms with van der Waals surface area (Å²) in [5, 5.41) is 0. The van der Waals surface area contributed by atoms with E-state index in [0.29, 0.717) is 0 Å². The molecule has 0 saturated carbocycles. The quantitative estimate of drug-likeness (QED) is 0.771. The molecule has 3 heteroatoms. The number of halogens is 1. The van der Waals surface area contributed by atoms with Gasteiger partial charge in [0, 0.05) is 17.7 Å². The third-order valence-corrected chi connectivity index (χ3v) is 3.15. The zero-order valence-electron chi connectivity index (χ0n) is 10.7. The van der Waals surface area contributed by atoms with Gasteiger partial charge in [-0.15, -0.1) is 0 Å². The monoisotopic (exact) mass is 320 g/mol. The van der Waals surface area contributed by atoms with Crippen LogP contribution in [0, 0.1) is 0 Å². The van der Waals surface area contributed by atoms with Crippen molar-refractivity contribution in [1.29, 1.82) is 0 Å². The van der Waals surface area contributed by atoms with E-state index in [1.807, 2.05) is 54.6 Å². The average Bonchev–Trinajstić information content (AvgIpc) is 3.02. The van der Waals surface area contributed by atoms with Crippen molar-refractivity contribution in [3.63, 3.8) is 0 Å². The minimum Gasteiger partial charge on any atom is -0.457 e. The fourth-order valence-electron chi connectivity index (χ4n) is 1.64. The van der Waals surface area contributed by atoms with Crippen LogP contribution in [0.25, 0.3) is 0 Å². The summed E-state index contributed by atoms with van der Waals surface area (Å²) in [6, 6.07) is 17.5. The lowest BCUT2D eigenvalue weighted by molar-refractivity contribution is 0.198. The van der Waals surface area contributed by atoms with Gasteiger partial charge in [0.1, 0.15) is 11.5 Å². The SMILES string of the molecule is Brc1ccc(Oc2ccccc2)cc1.C1CCOC1. The second-order valence-corrected chi connectivity index (χ2v) is 5.10. The normalized spacial score (nSPS) is 13.5. The van der Waals surface area contributed by atoms with E-state index in [2.05, 4.69) is 15.9 Å². The maximum absolute atomic E-state index is 5.61. The highest BCUT2D eigenvalue weighted by Crippen LogP contribution is 2.22. The largest absolute Gasteiger partial charge is 0.457 e. The Morgan fingerprint density at radius 3 is 1.89 bits per heavy atom. The van der Waals surface area contributed by atoms with Crippen LogP contribution in [-0.4, -0.2) is 13.2 Å². The van der Waals surface area contributed by atoms with Crippen LogP contribution in [0.1, 0.15) is 12.8 Å². The fourth-order valence-corrected chi connectivity index (χ4v) is 1.90. The molecule has 1 heterocycles. The van der Waals surface area contributed by atoms with Crippen molar-refractivity contribution < 1.29 is 9.47 Å². The summed E-state index contributed by atoms with van der Waals surface area (Å²) in [5.74, 6) is 1.70. The Bertz CT molecular complexity index is 456. The van der Waals surface area contributed by atoms with E-state index in [0.717, 1.165) is 29.2 Å². The van der Waals surface area contributed by atoms with Gasteiger partial charge >= 0.3 is 0 Å². The van der Waals surface area contributed by atoms with Crippen molar-refractivity contribution in [3.05, 3.63) is 59.1 Å². The third kappa shape index (κ3) is 5.45. The van der Waals surface area contributed by atoms with Crippen LogP contribution in [0.5, 0.6) is 11.5 Å². The number of hydrogen-bond donors (Lipinski definition) is 0. The molecule has 0 radical (unpaired) electrons. The number of ether oxygens (including phenoxy) is 2. The Morgan fingerprint density at radius 2 is 1.37 bits per heavy atom. The lowest BCUT2D eigenvalue weighted by atomic mass is 10.3. The molecule has 3 rings (SSSR count). The Morgan fingerprint density at radius 1 is 0.789 bits per heavy atom. The highest BCUT2D eigenvalue weighted by atomic mass is 79.9. The van der Waals surface area contributed by atoms with Crippen LogP contribution >= 0.6 is 15.9 Å². The first kappa shape index (κ1) is 14.1. The van der Waals surface area contributed by atoms with Gasteiger partial charge in [0.25, 0.3) is 0 Å². The molecule has 1 aliphatic rings. The van der Waals surface area contributed by atoms with Crippen molar-refractivity contribution in [1.82, 2.24) is 0 Å². The van der Waals surface area contributed by atoms with E-state index in [1.165, 1.54) is 12.8 Å². The molecule has 0 amide bonds. The maximum atomic E-state index is 5.61. The van der Waals surface area contributed by atoms with Gasteiger partial charge in [-0.25, -0.2) is 0 Å². The minimum atomic E-state index is 0.847. The number of para-hydroxylation sites is 1. The van der Waals surface area contributed by atoms with Crippen LogP contribution in [0.4, 0.5) is 0 Å². The highest BCUT2D eigenvalue weighted by Gasteiger charge is 1.95. The van der Waals surface area contributed by atoms with E-state index >= 15 is 0 Å². The van der Waals surface area contributed by atoms with E-state index < -0.39 is 0 Å². The summed E-state index contributed by atoms with van der Waals surface area (Å²) in [5.41, 5.74) is 0. The lowest BCUT2D eigenvalue weighted by Gasteiger charge is -2.04. The molecule has 1 aliphatic heterocycles. The molecule has 0 spiro atoms. The Balaban J connectivity index is 0.000000224. The first-order valence-electron chi connectivity index (χ1n) is 6.41. The van der Waals surface area contributed by atoms with Crippen molar-refractivity contribution in [3.8, 4) is 11.5 Å². The minimum absolute atomic E-state index is 0.847. The van der Waals surface area contributed by atoms with Crippen molar-refractivity contribution >= 4 is 15.9 Å². The van der Waals surface area contributed by atoms with Gasteiger partial charge in [0.05, 0.1) is 0 Å². The molecule has 2 aromatic rings. The van der Waals surface area contributed by atoms with Crippen molar-refractivity contribution in [2.24, 2.45) is 0 Å². The topological polar surface area (TPSA) is 18.5 Å². The number of benzene rings is 2. The summed E-state index contributed by atoms with van der Waals surface area (Å²) in [4.78, 5) is 0. The summed E-state index contributed by atoms with van der Waals surface area (Å²) in [6.45, 7) is 2.00. The molecule has 0 aromatic heterocycles. The standard InChI is InChI=1S/C12H9BrO.C4H8O/c13-10-6-8-12(9-7-10)14-11-4-2-1-3-5-11;1-2-4-5-3-1/h1-9H;1-4H2. The van der Waals surface area contributed by atoms with Crippen molar-refractivity contribution in [2.45, 2.75) is 12.8 Å². The fraction of sp³-hybridized carbons (Fsp3) is 0.250. The summed E-state index contributed by atoms with van der Waals surface area (Å²) >= 11 is 3.38. The van der Waals surface area contributed by atoms with Gasteiger partial charge in [-0.2, -0.15) is 0 Å². The Kier molecular flexibility index (Phi) is 5.92. The summed E-state index contributed by atoms with van der Waals surface area (Å²) in [7, 11) is 0. The van der Waals surface area contributed by atoms with Crippen LogP contribution < -0.4 is 4.74 Å². The van der Waals surface area contributed by atoms with Gasteiger partial charge in [-0.1, -0.05) is 34.1 Å². The van der Waals surface area contributed by atoms with Crippen LogP contribution in [-0.2, 0) is 4.74 Å². The highest BCUT2D eigenvalue weighted by molar-refractivity contribution is 9.10. The molecule has 0 N–H and O–H groups in total. The van der Waals surface area contributed by atoms with Crippen LogP contribution in [0.2, 0.25) is 0 Å². The third-order valence-electron chi connectivity index (χ3n) is 2.62. The second kappa shape index (κ2) is 7.97. The van der Waals surface area contributed by atoms with Gasteiger partial charge in [-0.05, 0) is 49.2 Å². The predicted octanol–water partition coefficient (Wildman–Crippen LogP) is 5.04. The van der Waals surface area contributed by atoms with E-state index in [1.54, 1.807) is 0 Å². The van der Waals surface area contributed by atoms with E-state index in [9.17, 15) is 0 Å². The predicted molar refractivity (Wildman–Crippen MR) is 80.7 cm³/mol. The average molecular weight is 321 g/mol. The molecular formula is C16H17BrO2. The van der Waals surface area contributed by atoms with Gasteiger partial charge in [0.2, 0.25) is 0 Å². The number of hydrogen-bond acceptors (Lipinski definition) is 2. The molecule has 2 aromatic carbocycles. The Hall–Kier alpha value is -1.32. The van der Waals surface area contributed by atoms with Crippen LogP contribution in [0.15, 0.2) is 59.1 Å². The molecule has 19 heavy (non-hydrogen) atoms. The molecule has 1 saturated heterocycles. The van der Waals surface area contributed by atoms with Gasteiger partial charge in [0.15, 0.2) is 0 Å². The smallest absolute Gasteiger partial charge is 0.127 e. The maximum Gasteiger partial charge on any atom is 0.127 e. The first-order chi connectivity index (χ1) is 9.34. The van der Waals surface area contributed by atoms with Crippen molar-refractivity contribution in [2.75, 3.05) is 13.2 Å². The molecule has 0 atom stereocenters. The number of rotatable bonds is 2. The summed E-state index contributed by atoms with van der Waals surface area (Å²) < 4.78 is 11.6. The molecule has 0 bridgehead atoms. The molecule has 1 fully saturated rings. The summed E-state index contributed by atoms with van der Waals surface area (Å²) in [6.07, 6.45) is 2.56. The Labute approximate surface area is 122 Å². The van der Waals surface area contributed by atoms with Gasteiger partial charge < -0.3 is 9.47 Å². The lowest BCUT2D eigenvalue weighted by Crippen LogP contribution is -1.82. The molecule has 100 valence electrons. The zero-order valence-corrected chi connectivity index (χ0v) is 12.3. The molecular weight excluding hydrogens is 304 g/mol. The molecule has 0 aliphatic carbocycles. The van der Waals surface area contributed by atoms with E-state index in [4.69, 9.17) is 9.47 Å². The first-order valence-corrected chi connectivity index (χ1v) is 7.20. The molecule has 2 nitrogen and oxygen atoms in total. The van der Waals surface area contributed by atoms with Gasteiger partial charge in [-0.3, -0.25) is 0 Å². The molecule has 0 unspecified atom stereocenters. The van der Waals surface area contributed by atoms with Crippen LogP contribution in [0.3, 0.4) is 0 Å². The van der Waals surface area contributed by atoms with E-state index in [-0.39, 0.29) is 0 Å². The zero-order chi connectivity index (χ0) is 13.3.